The van der Waals surface area contributed by atoms with Gasteiger partial charge in [-0.05, 0) is 25.0 Å². The molecule has 2 aromatic heterocycles. The maximum Gasteiger partial charge on any atom is 0.262 e. The van der Waals surface area contributed by atoms with Crippen molar-refractivity contribution in [2.24, 2.45) is 0 Å². The molecule has 0 bridgehead atoms. The number of thioether (sulfide) groups is 1. The van der Waals surface area contributed by atoms with Gasteiger partial charge in [-0.15, -0.1) is 10.2 Å². The molecule has 0 N–H and O–H groups in total. The van der Waals surface area contributed by atoms with Crippen LogP contribution in [0, 0.1) is 0 Å². The van der Waals surface area contributed by atoms with Crippen LogP contribution in [0.2, 0.25) is 0 Å². The number of aromatic nitrogens is 4. The second-order valence-corrected chi connectivity index (χ2v) is 6.35. The van der Waals surface area contributed by atoms with E-state index in [2.05, 4.69) is 17.1 Å². The molecule has 0 unspecified atom stereocenters. The molecular weight excluding hydrogens is 312 g/mol. The zero-order valence-electron chi connectivity index (χ0n) is 13.4. The van der Waals surface area contributed by atoms with Crippen molar-refractivity contribution in [3.05, 3.63) is 34.6 Å². The van der Waals surface area contributed by atoms with Crippen molar-refractivity contribution >= 4 is 28.4 Å². The predicted molar refractivity (Wildman–Crippen MR) is 92.3 cm³/mol. The van der Waals surface area contributed by atoms with Gasteiger partial charge in [-0.2, -0.15) is 0 Å². The minimum atomic E-state index is -0.0244. The van der Waals surface area contributed by atoms with Gasteiger partial charge in [0.1, 0.15) is 0 Å². The number of nitrogens with zero attached hydrogens (tertiary/aromatic N) is 4. The molecule has 7 heteroatoms. The Morgan fingerprint density at radius 1 is 1.26 bits per heavy atom. The molecular formula is C16H20N4O2S. The van der Waals surface area contributed by atoms with Crippen molar-refractivity contribution in [1.29, 1.82) is 0 Å². The summed E-state index contributed by atoms with van der Waals surface area (Å²) in [5.41, 5.74) is 0.836. The van der Waals surface area contributed by atoms with Crippen LogP contribution in [0.25, 0.3) is 16.7 Å². The van der Waals surface area contributed by atoms with E-state index in [9.17, 15) is 4.79 Å². The van der Waals surface area contributed by atoms with Gasteiger partial charge in [0.2, 0.25) is 5.78 Å². The summed E-state index contributed by atoms with van der Waals surface area (Å²) in [6.07, 6.45) is 1.82. The number of rotatable bonds is 7. The number of benzene rings is 1. The first kappa shape index (κ1) is 16.0. The molecule has 0 atom stereocenters. The van der Waals surface area contributed by atoms with Gasteiger partial charge in [0.25, 0.3) is 5.56 Å². The lowest BCUT2D eigenvalue weighted by molar-refractivity contribution is 0.190. The Labute approximate surface area is 138 Å². The minimum absolute atomic E-state index is 0.0244. The third-order valence-corrected chi connectivity index (χ3v) is 4.78. The largest absolute Gasteiger partial charge is 0.385 e. The van der Waals surface area contributed by atoms with Crippen molar-refractivity contribution < 1.29 is 4.74 Å². The molecule has 0 aliphatic heterocycles. The Bertz CT molecular complexity index is 872. The van der Waals surface area contributed by atoms with Crippen molar-refractivity contribution in [3.63, 3.8) is 0 Å². The predicted octanol–water partition coefficient (Wildman–Crippen LogP) is 2.58. The van der Waals surface area contributed by atoms with Gasteiger partial charge in [-0.25, -0.2) is 0 Å². The highest BCUT2D eigenvalue weighted by molar-refractivity contribution is 7.99. The zero-order valence-corrected chi connectivity index (χ0v) is 14.2. The first-order valence-electron chi connectivity index (χ1n) is 7.76. The van der Waals surface area contributed by atoms with E-state index in [-0.39, 0.29) is 5.56 Å². The Morgan fingerprint density at radius 2 is 2.09 bits per heavy atom. The van der Waals surface area contributed by atoms with Crippen LogP contribution in [-0.4, -0.2) is 38.6 Å². The fourth-order valence-electron chi connectivity index (χ4n) is 2.59. The Morgan fingerprint density at radius 3 is 2.87 bits per heavy atom. The summed E-state index contributed by atoms with van der Waals surface area (Å²) < 4.78 is 8.79. The van der Waals surface area contributed by atoms with Crippen LogP contribution in [0.3, 0.4) is 0 Å². The van der Waals surface area contributed by atoms with Crippen LogP contribution in [-0.2, 0) is 11.3 Å². The van der Waals surface area contributed by atoms with Gasteiger partial charge in [0.15, 0.2) is 5.16 Å². The minimum Gasteiger partial charge on any atom is -0.385 e. The van der Waals surface area contributed by atoms with E-state index in [0.717, 1.165) is 29.3 Å². The molecule has 0 aliphatic rings. The third-order valence-electron chi connectivity index (χ3n) is 3.64. The smallest absolute Gasteiger partial charge is 0.262 e. The van der Waals surface area contributed by atoms with Crippen LogP contribution in [0.5, 0.6) is 0 Å². The monoisotopic (exact) mass is 332 g/mol. The summed E-state index contributed by atoms with van der Waals surface area (Å²) in [6.45, 7) is 3.31. The molecule has 3 rings (SSSR count). The first-order chi connectivity index (χ1) is 11.3. The normalized spacial score (nSPS) is 11.6. The van der Waals surface area contributed by atoms with E-state index < -0.39 is 0 Å². The summed E-state index contributed by atoms with van der Waals surface area (Å²) >= 11 is 1.66. The molecule has 2 heterocycles. The van der Waals surface area contributed by atoms with Gasteiger partial charge < -0.3 is 4.74 Å². The van der Waals surface area contributed by atoms with E-state index in [4.69, 9.17) is 4.74 Å². The van der Waals surface area contributed by atoms with Gasteiger partial charge in [0.05, 0.1) is 10.9 Å². The highest BCUT2D eigenvalue weighted by atomic mass is 32.2. The average molecular weight is 332 g/mol. The number of hydrogen-bond acceptors (Lipinski definition) is 5. The summed E-state index contributed by atoms with van der Waals surface area (Å²) in [5.74, 6) is 1.57. The number of ether oxygens (including phenoxy) is 1. The number of para-hydroxylation sites is 1. The molecule has 0 spiro atoms. The van der Waals surface area contributed by atoms with Crippen molar-refractivity contribution in [2.75, 3.05) is 19.5 Å². The standard InChI is InChI=1S/C16H20N4O2S/c1-3-11-23-16-18-17-15-19(9-6-10-22-2)14(21)12-7-4-5-8-13(12)20(15)16/h4-5,7-8H,3,6,9-11H2,1-2H3. The average Bonchev–Trinajstić information content (AvgIpc) is 3.00. The SMILES string of the molecule is CCCSc1nnc2n(CCCOC)c(=O)c3ccccc3n12. The van der Waals surface area contributed by atoms with Gasteiger partial charge in [0, 0.05) is 26.0 Å². The van der Waals surface area contributed by atoms with E-state index in [0.29, 0.717) is 24.3 Å². The number of fused-ring (bicyclic) bond motifs is 3. The van der Waals surface area contributed by atoms with Gasteiger partial charge in [-0.3, -0.25) is 13.8 Å². The Kier molecular flexibility index (Phi) is 4.97. The van der Waals surface area contributed by atoms with Crippen molar-refractivity contribution in [1.82, 2.24) is 19.2 Å². The molecule has 1 aromatic carbocycles. The van der Waals surface area contributed by atoms with Gasteiger partial charge in [-0.1, -0.05) is 30.8 Å². The molecule has 0 radical (unpaired) electrons. The van der Waals surface area contributed by atoms with Crippen LogP contribution in [0.15, 0.2) is 34.2 Å². The van der Waals surface area contributed by atoms with Crippen molar-refractivity contribution in [2.45, 2.75) is 31.5 Å². The lowest BCUT2D eigenvalue weighted by atomic mass is 10.2. The van der Waals surface area contributed by atoms with Crippen LogP contribution in [0.1, 0.15) is 19.8 Å². The molecule has 122 valence electrons. The van der Waals surface area contributed by atoms with Crippen LogP contribution >= 0.6 is 11.8 Å². The molecule has 23 heavy (non-hydrogen) atoms. The summed E-state index contributed by atoms with van der Waals surface area (Å²) in [7, 11) is 1.66. The van der Waals surface area contributed by atoms with E-state index >= 15 is 0 Å². The highest BCUT2D eigenvalue weighted by Crippen LogP contribution is 2.22. The molecule has 6 nitrogen and oxygen atoms in total. The van der Waals surface area contributed by atoms with Gasteiger partial charge >= 0.3 is 0 Å². The number of methoxy groups -OCH3 is 1. The van der Waals surface area contributed by atoms with E-state index in [1.807, 2.05) is 28.7 Å². The Balaban J connectivity index is 2.22. The first-order valence-corrected chi connectivity index (χ1v) is 8.75. The fraction of sp³-hybridized carbons (Fsp3) is 0.438. The summed E-state index contributed by atoms with van der Waals surface area (Å²) in [5, 5.41) is 10.1. The topological polar surface area (TPSA) is 61.4 Å². The number of aryl methyl sites for hydroxylation is 1. The van der Waals surface area contributed by atoms with Crippen LogP contribution < -0.4 is 5.56 Å². The lowest BCUT2D eigenvalue weighted by Crippen LogP contribution is -2.24. The maximum atomic E-state index is 12.8. The molecule has 0 aliphatic carbocycles. The fourth-order valence-corrected chi connectivity index (χ4v) is 3.38. The highest BCUT2D eigenvalue weighted by Gasteiger charge is 2.16. The molecule has 0 fully saturated rings. The summed E-state index contributed by atoms with van der Waals surface area (Å²) in [4.78, 5) is 12.8. The molecule has 0 saturated carbocycles. The lowest BCUT2D eigenvalue weighted by Gasteiger charge is -2.10. The number of hydrogen-bond donors (Lipinski definition) is 0. The maximum absolute atomic E-state index is 12.8. The van der Waals surface area contributed by atoms with E-state index in [1.54, 1.807) is 23.4 Å². The molecule has 0 amide bonds. The van der Waals surface area contributed by atoms with E-state index in [1.165, 1.54) is 0 Å². The molecule has 3 aromatic rings. The summed E-state index contributed by atoms with van der Waals surface area (Å²) in [6, 6.07) is 7.63. The second kappa shape index (κ2) is 7.14. The Hall–Kier alpha value is -1.86. The van der Waals surface area contributed by atoms with Crippen LogP contribution in [0.4, 0.5) is 0 Å². The van der Waals surface area contributed by atoms with Crippen molar-refractivity contribution in [3.8, 4) is 0 Å². The second-order valence-electron chi connectivity index (χ2n) is 5.29. The zero-order chi connectivity index (χ0) is 16.2. The molecule has 0 saturated heterocycles. The third kappa shape index (κ3) is 2.98. The quantitative estimate of drug-likeness (QED) is 0.491.